The van der Waals surface area contributed by atoms with Gasteiger partial charge < -0.3 is 14.4 Å². The molecule has 0 saturated carbocycles. The molecular weight excluding hydrogens is 492 g/mol. The average Bonchev–Trinajstić information content (AvgIpc) is 3.64. The van der Waals surface area contributed by atoms with Crippen LogP contribution in [0.15, 0.2) is 60.0 Å². The summed E-state index contributed by atoms with van der Waals surface area (Å²) < 4.78 is 12.0. The molecule has 1 aliphatic rings. The highest BCUT2D eigenvalue weighted by molar-refractivity contribution is 7.22. The number of anilines is 1. The Morgan fingerprint density at radius 2 is 1.81 bits per heavy atom. The number of fused-ring (bicyclic) bond motifs is 3. The van der Waals surface area contributed by atoms with Gasteiger partial charge in [0.2, 0.25) is 6.79 Å². The van der Waals surface area contributed by atoms with E-state index in [-0.39, 0.29) is 12.7 Å². The fourth-order valence-corrected chi connectivity index (χ4v) is 5.99. The lowest BCUT2D eigenvalue weighted by Crippen LogP contribution is -2.33. The fraction of sp³-hybridized carbons (Fsp3) is 0.222. The van der Waals surface area contributed by atoms with Crippen molar-refractivity contribution in [3.05, 3.63) is 65.5 Å². The summed E-state index contributed by atoms with van der Waals surface area (Å²) in [4.78, 5) is 28.9. The molecule has 6 rings (SSSR count). The molecule has 0 atom stereocenters. The number of thiophene rings is 1. The van der Waals surface area contributed by atoms with Crippen molar-refractivity contribution >= 4 is 54.8 Å². The zero-order valence-corrected chi connectivity index (χ0v) is 21.6. The van der Waals surface area contributed by atoms with E-state index in [1.807, 2.05) is 74.1 Å². The van der Waals surface area contributed by atoms with Crippen LogP contribution in [-0.4, -0.2) is 54.8 Å². The number of carbonyl (C=O) groups is 1. The molecule has 0 saturated heterocycles. The number of pyridine rings is 1. The Bertz CT molecular complexity index is 1520. The molecule has 9 heteroatoms. The molecule has 3 aromatic heterocycles. The molecule has 4 heterocycles. The number of amides is 1. The zero-order chi connectivity index (χ0) is 24.6. The van der Waals surface area contributed by atoms with E-state index in [1.165, 1.54) is 11.3 Å². The van der Waals surface area contributed by atoms with Crippen LogP contribution in [0.25, 0.3) is 31.7 Å². The van der Waals surface area contributed by atoms with Gasteiger partial charge in [-0.25, -0.2) is 9.97 Å². The Kier molecular flexibility index (Phi) is 6.04. The van der Waals surface area contributed by atoms with Crippen LogP contribution >= 0.6 is 22.7 Å². The van der Waals surface area contributed by atoms with Crippen molar-refractivity contribution in [2.75, 3.05) is 38.9 Å². The van der Waals surface area contributed by atoms with Gasteiger partial charge in [0.05, 0.1) is 31.9 Å². The molecule has 0 unspecified atom stereocenters. The van der Waals surface area contributed by atoms with Gasteiger partial charge in [0, 0.05) is 24.1 Å². The van der Waals surface area contributed by atoms with Gasteiger partial charge in [-0.05, 0) is 50.6 Å². The highest BCUT2D eigenvalue weighted by Gasteiger charge is 2.25. The fourth-order valence-electron chi connectivity index (χ4n) is 4.30. The molecule has 36 heavy (non-hydrogen) atoms. The van der Waals surface area contributed by atoms with E-state index < -0.39 is 0 Å². The van der Waals surface area contributed by atoms with E-state index in [0.717, 1.165) is 44.7 Å². The topological polar surface area (TPSA) is 67.8 Å². The van der Waals surface area contributed by atoms with Crippen molar-refractivity contribution in [3.8, 4) is 22.1 Å². The largest absolute Gasteiger partial charge is 0.454 e. The van der Waals surface area contributed by atoms with Gasteiger partial charge in [0.25, 0.3) is 5.91 Å². The lowest BCUT2D eigenvalue weighted by molar-refractivity contribution is 0.0987. The Hall–Kier alpha value is -3.53. The highest BCUT2D eigenvalue weighted by atomic mass is 32.1. The van der Waals surface area contributed by atoms with E-state index in [1.54, 1.807) is 16.2 Å². The molecule has 0 spiro atoms. The second-order valence-electron chi connectivity index (χ2n) is 8.83. The minimum atomic E-state index is -0.0794. The van der Waals surface area contributed by atoms with Crippen LogP contribution in [-0.2, 0) is 0 Å². The summed E-state index contributed by atoms with van der Waals surface area (Å²) in [5.41, 5.74) is 3.02. The molecule has 0 bridgehead atoms. The van der Waals surface area contributed by atoms with Crippen LogP contribution in [0.2, 0.25) is 0 Å². The van der Waals surface area contributed by atoms with Crippen LogP contribution < -0.4 is 14.4 Å². The van der Waals surface area contributed by atoms with Crippen molar-refractivity contribution in [1.29, 1.82) is 0 Å². The molecule has 7 nitrogen and oxygen atoms in total. The smallest absolute Gasteiger partial charge is 0.260 e. The number of hydrogen-bond acceptors (Lipinski definition) is 8. The number of carbonyl (C=O) groups excluding carboxylic acids is 1. The summed E-state index contributed by atoms with van der Waals surface area (Å²) in [5, 5.41) is 3.52. The van der Waals surface area contributed by atoms with E-state index in [4.69, 9.17) is 19.4 Å². The summed E-state index contributed by atoms with van der Waals surface area (Å²) in [5.74, 6) is 1.32. The molecular formula is C27H24N4O3S2. The Balaban J connectivity index is 1.45. The lowest BCUT2D eigenvalue weighted by Gasteiger charge is -2.22. The van der Waals surface area contributed by atoms with Crippen LogP contribution in [0.4, 0.5) is 5.13 Å². The Morgan fingerprint density at radius 3 is 2.61 bits per heavy atom. The maximum atomic E-state index is 14.2. The van der Waals surface area contributed by atoms with Gasteiger partial charge in [0.15, 0.2) is 16.6 Å². The molecule has 0 radical (unpaired) electrons. The maximum absolute atomic E-state index is 14.2. The van der Waals surface area contributed by atoms with Crippen molar-refractivity contribution in [1.82, 2.24) is 14.9 Å². The summed E-state index contributed by atoms with van der Waals surface area (Å²) in [6.07, 6.45) is 0.818. The van der Waals surface area contributed by atoms with Gasteiger partial charge in [-0.2, -0.15) is 0 Å². The van der Waals surface area contributed by atoms with Crippen molar-refractivity contribution in [2.24, 2.45) is 0 Å². The Labute approximate surface area is 216 Å². The van der Waals surface area contributed by atoms with E-state index in [2.05, 4.69) is 4.90 Å². The summed E-state index contributed by atoms with van der Waals surface area (Å²) in [6, 6.07) is 17.6. The summed E-state index contributed by atoms with van der Waals surface area (Å²) in [6.45, 7) is 1.63. The first-order chi connectivity index (χ1) is 17.6. The number of hydrogen-bond donors (Lipinski definition) is 0. The van der Waals surface area contributed by atoms with Gasteiger partial charge in [0.1, 0.15) is 0 Å². The number of benzene rings is 2. The van der Waals surface area contributed by atoms with Gasteiger partial charge in [-0.1, -0.05) is 35.6 Å². The SMILES string of the molecule is CN(C)CCCN(C(=O)c1cc(-c2cccs2)nc2ccccc12)c1nc2cc3c(cc2s1)OCO3. The Morgan fingerprint density at radius 1 is 0.972 bits per heavy atom. The number of rotatable bonds is 7. The lowest BCUT2D eigenvalue weighted by atomic mass is 10.1. The van der Waals surface area contributed by atoms with Gasteiger partial charge >= 0.3 is 0 Å². The zero-order valence-electron chi connectivity index (χ0n) is 19.9. The number of thiazole rings is 1. The van der Waals surface area contributed by atoms with E-state index in [0.29, 0.717) is 28.7 Å². The minimum absolute atomic E-state index is 0.0794. The number of nitrogens with zero attached hydrogens (tertiary/aromatic N) is 4. The second kappa shape index (κ2) is 9.50. The standard InChI is InChI=1S/C27H24N4O3S2/c1-30(2)10-6-11-31(27-29-21-14-22-23(34-16-33-22)15-25(21)36-27)26(32)18-13-20(24-9-5-12-35-24)28-19-8-4-3-7-17(18)19/h3-5,7-9,12-15H,6,10-11,16H2,1-2H3. The quantitative estimate of drug-likeness (QED) is 0.268. The first-order valence-corrected chi connectivity index (χ1v) is 13.4. The molecule has 0 fully saturated rings. The molecule has 182 valence electrons. The highest BCUT2D eigenvalue weighted by Crippen LogP contribution is 2.40. The number of ether oxygens (including phenoxy) is 2. The minimum Gasteiger partial charge on any atom is -0.454 e. The van der Waals surface area contributed by atoms with Crippen LogP contribution in [0, 0.1) is 0 Å². The average molecular weight is 517 g/mol. The number of para-hydroxylation sites is 1. The number of aromatic nitrogens is 2. The van der Waals surface area contributed by atoms with Crippen molar-refractivity contribution < 1.29 is 14.3 Å². The monoisotopic (exact) mass is 516 g/mol. The third-order valence-corrected chi connectivity index (χ3v) is 7.99. The first kappa shape index (κ1) is 22.9. The molecule has 2 aromatic carbocycles. The molecule has 0 aliphatic carbocycles. The van der Waals surface area contributed by atoms with Crippen molar-refractivity contribution in [3.63, 3.8) is 0 Å². The van der Waals surface area contributed by atoms with E-state index in [9.17, 15) is 4.79 Å². The third kappa shape index (κ3) is 4.30. The van der Waals surface area contributed by atoms with E-state index >= 15 is 0 Å². The van der Waals surface area contributed by atoms with Crippen LogP contribution in [0.5, 0.6) is 11.5 Å². The normalized spacial score (nSPS) is 12.6. The summed E-state index contributed by atoms with van der Waals surface area (Å²) >= 11 is 3.11. The van der Waals surface area contributed by atoms with Gasteiger partial charge in [-0.15, -0.1) is 11.3 Å². The molecule has 1 aliphatic heterocycles. The predicted molar refractivity (Wildman–Crippen MR) is 146 cm³/mol. The predicted octanol–water partition coefficient (Wildman–Crippen LogP) is 5.90. The van der Waals surface area contributed by atoms with Crippen LogP contribution in [0.3, 0.4) is 0 Å². The molecule has 1 amide bonds. The third-order valence-electron chi connectivity index (χ3n) is 6.05. The second-order valence-corrected chi connectivity index (χ2v) is 10.8. The first-order valence-electron chi connectivity index (χ1n) is 11.7. The maximum Gasteiger partial charge on any atom is 0.260 e. The molecule has 0 N–H and O–H groups in total. The van der Waals surface area contributed by atoms with Crippen LogP contribution in [0.1, 0.15) is 16.8 Å². The molecule has 5 aromatic rings. The van der Waals surface area contributed by atoms with Gasteiger partial charge in [-0.3, -0.25) is 9.69 Å². The summed E-state index contributed by atoms with van der Waals surface area (Å²) in [7, 11) is 4.07. The van der Waals surface area contributed by atoms with Crippen molar-refractivity contribution in [2.45, 2.75) is 6.42 Å².